The molecule has 1 heterocycles. The van der Waals surface area contributed by atoms with Gasteiger partial charge in [-0.15, -0.1) is 0 Å². The smallest absolute Gasteiger partial charge is 0.408 e. The lowest BCUT2D eigenvalue weighted by molar-refractivity contribution is 0.151. The summed E-state index contributed by atoms with van der Waals surface area (Å²) in [5.41, 5.74) is 2.97. The van der Waals surface area contributed by atoms with Gasteiger partial charge in [-0.05, 0) is 30.3 Å². The number of anilines is 2. The van der Waals surface area contributed by atoms with Crippen molar-refractivity contribution in [1.29, 1.82) is 0 Å². The van der Waals surface area contributed by atoms with E-state index >= 15 is 0 Å². The summed E-state index contributed by atoms with van der Waals surface area (Å²) in [6, 6.07) is 19.2. The molecule has 0 bridgehead atoms. The third kappa shape index (κ3) is 4.27. The van der Waals surface area contributed by atoms with E-state index in [1.165, 1.54) is 7.05 Å². The van der Waals surface area contributed by atoms with Crippen LogP contribution in [0.15, 0.2) is 60.7 Å². The number of pyridine rings is 1. The Morgan fingerprint density at radius 3 is 2.39 bits per heavy atom. The number of methoxy groups -OCH3 is 3. The molecule has 0 aliphatic carbocycles. The highest BCUT2D eigenvalue weighted by Crippen LogP contribution is 2.46. The van der Waals surface area contributed by atoms with Gasteiger partial charge in [0, 0.05) is 35.6 Å². The Morgan fingerprint density at radius 1 is 0.939 bits per heavy atom. The van der Waals surface area contributed by atoms with Crippen molar-refractivity contribution in [3.63, 3.8) is 0 Å². The third-order valence-corrected chi connectivity index (χ3v) is 5.31. The molecule has 1 N–H and O–H groups in total. The summed E-state index contributed by atoms with van der Waals surface area (Å²) in [5, 5.41) is 4.22. The summed E-state index contributed by atoms with van der Waals surface area (Å²) in [6.07, 6.45) is -0.544. The van der Waals surface area contributed by atoms with E-state index in [0.717, 1.165) is 27.7 Å². The molecule has 0 atom stereocenters. The Morgan fingerprint density at radius 2 is 1.73 bits per heavy atom. The second-order valence-electron chi connectivity index (χ2n) is 7.15. The predicted octanol–water partition coefficient (Wildman–Crippen LogP) is 4.87. The SMILES string of the molecule is CNC(=O)OCN(c1ccccc1)c1c(OC)c(OC)cc2nc3cc(OC)ccc3cc12. The Labute approximate surface area is 191 Å². The molecule has 0 aliphatic rings. The van der Waals surface area contributed by atoms with Crippen LogP contribution in [0.2, 0.25) is 0 Å². The summed E-state index contributed by atoms with van der Waals surface area (Å²) in [4.78, 5) is 18.6. The number of rotatable bonds is 7. The van der Waals surface area contributed by atoms with Crippen molar-refractivity contribution < 1.29 is 23.7 Å². The number of para-hydroxylation sites is 1. The molecule has 33 heavy (non-hydrogen) atoms. The van der Waals surface area contributed by atoms with Gasteiger partial charge < -0.3 is 29.2 Å². The maximum absolute atomic E-state index is 11.9. The second-order valence-corrected chi connectivity index (χ2v) is 7.15. The zero-order valence-electron chi connectivity index (χ0n) is 18.9. The van der Waals surface area contributed by atoms with E-state index in [1.807, 2.05) is 65.6 Å². The molecular formula is C25H25N3O5. The van der Waals surface area contributed by atoms with Gasteiger partial charge in [0.2, 0.25) is 0 Å². The quantitative estimate of drug-likeness (QED) is 0.320. The first-order valence-corrected chi connectivity index (χ1v) is 10.3. The van der Waals surface area contributed by atoms with Gasteiger partial charge >= 0.3 is 6.09 Å². The van der Waals surface area contributed by atoms with E-state index in [9.17, 15) is 4.79 Å². The minimum atomic E-state index is -0.544. The molecule has 0 aliphatic heterocycles. The van der Waals surface area contributed by atoms with E-state index in [1.54, 1.807) is 21.3 Å². The van der Waals surface area contributed by atoms with Gasteiger partial charge in [-0.1, -0.05) is 18.2 Å². The summed E-state index contributed by atoms with van der Waals surface area (Å²) in [7, 11) is 6.29. The standard InChI is InChI=1S/C25H25N3O5/c1-26-25(29)33-15-28(17-8-6-5-7-9-17)23-19-12-16-10-11-18(30-2)13-20(16)27-21(19)14-22(31-3)24(23)32-4/h5-14H,15H2,1-4H3,(H,26,29). The molecule has 0 saturated carbocycles. The number of amides is 1. The fourth-order valence-electron chi connectivity index (χ4n) is 3.71. The van der Waals surface area contributed by atoms with Crippen molar-refractivity contribution in [2.45, 2.75) is 0 Å². The average Bonchev–Trinajstić information content (AvgIpc) is 2.87. The molecule has 1 aromatic heterocycles. The molecule has 170 valence electrons. The topological polar surface area (TPSA) is 82.2 Å². The number of benzene rings is 3. The molecule has 1 amide bonds. The minimum absolute atomic E-state index is 0.0526. The van der Waals surface area contributed by atoms with Crippen LogP contribution in [0.25, 0.3) is 21.8 Å². The number of nitrogens with one attached hydrogen (secondary N) is 1. The van der Waals surface area contributed by atoms with Gasteiger partial charge in [-0.25, -0.2) is 9.78 Å². The lowest BCUT2D eigenvalue weighted by atomic mass is 10.1. The van der Waals surface area contributed by atoms with Crippen LogP contribution in [0.4, 0.5) is 16.2 Å². The molecule has 4 rings (SSSR count). The van der Waals surface area contributed by atoms with Crippen molar-refractivity contribution in [2.24, 2.45) is 0 Å². The predicted molar refractivity (Wildman–Crippen MR) is 128 cm³/mol. The normalized spacial score (nSPS) is 10.7. The van der Waals surface area contributed by atoms with Crippen molar-refractivity contribution >= 4 is 39.3 Å². The van der Waals surface area contributed by atoms with Crippen LogP contribution < -0.4 is 24.4 Å². The molecule has 4 aromatic rings. The largest absolute Gasteiger partial charge is 0.497 e. The van der Waals surface area contributed by atoms with Crippen LogP contribution in [-0.4, -0.2) is 46.2 Å². The summed E-state index contributed by atoms with van der Waals surface area (Å²) in [6.45, 7) is -0.0526. The van der Waals surface area contributed by atoms with Gasteiger partial charge in [0.05, 0.1) is 38.1 Å². The van der Waals surface area contributed by atoms with Gasteiger partial charge in [0.25, 0.3) is 0 Å². The molecule has 0 spiro atoms. The number of fused-ring (bicyclic) bond motifs is 2. The molecule has 0 fully saturated rings. The summed E-state index contributed by atoms with van der Waals surface area (Å²) >= 11 is 0. The maximum Gasteiger partial charge on any atom is 0.408 e. The summed E-state index contributed by atoms with van der Waals surface area (Å²) < 4.78 is 22.2. The average molecular weight is 447 g/mol. The number of carbonyl (C=O) groups is 1. The Bertz CT molecular complexity index is 1290. The summed E-state index contributed by atoms with van der Waals surface area (Å²) in [5.74, 6) is 1.74. The van der Waals surface area contributed by atoms with Crippen LogP contribution in [0.3, 0.4) is 0 Å². The number of nitrogens with zero attached hydrogens (tertiary/aromatic N) is 2. The minimum Gasteiger partial charge on any atom is -0.497 e. The number of alkyl carbamates (subject to hydrolysis) is 1. The zero-order valence-corrected chi connectivity index (χ0v) is 18.9. The molecular weight excluding hydrogens is 422 g/mol. The molecule has 8 nitrogen and oxygen atoms in total. The van der Waals surface area contributed by atoms with E-state index in [4.69, 9.17) is 23.9 Å². The highest BCUT2D eigenvalue weighted by molar-refractivity contribution is 6.04. The van der Waals surface area contributed by atoms with Crippen LogP contribution >= 0.6 is 0 Å². The van der Waals surface area contributed by atoms with Crippen LogP contribution in [0, 0.1) is 0 Å². The fourth-order valence-corrected chi connectivity index (χ4v) is 3.71. The van der Waals surface area contributed by atoms with Crippen LogP contribution in [0.5, 0.6) is 17.2 Å². The van der Waals surface area contributed by atoms with E-state index < -0.39 is 6.09 Å². The first-order valence-electron chi connectivity index (χ1n) is 10.3. The number of hydrogen-bond acceptors (Lipinski definition) is 7. The number of ether oxygens (including phenoxy) is 4. The lowest BCUT2D eigenvalue weighted by Gasteiger charge is -2.28. The maximum atomic E-state index is 11.9. The van der Waals surface area contributed by atoms with Crippen molar-refractivity contribution in [1.82, 2.24) is 10.3 Å². The Kier molecular flexibility index (Phi) is 6.35. The first kappa shape index (κ1) is 22.0. The highest BCUT2D eigenvalue weighted by atomic mass is 16.6. The monoisotopic (exact) mass is 447 g/mol. The number of hydrogen-bond donors (Lipinski definition) is 1. The van der Waals surface area contributed by atoms with Crippen molar-refractivity contribution in [3.05, 3.63) is 60.7 Å². The fraction of sp³-hybridized carbons (Fsp3) is 0.200. The van der Waals surface area contributed by atoms with Crippen LogP contribution in [0.1, 0.15) is 0 Å². The van der Waals surface area contributed by atoms with E-state index in [-0.39, 0.29) is 6.73 Å². The Hall–Kier alpha value is -4.20. The number of carbonyl (C=O) groups excluding carboxylic acids is 1. The first-order chi connectivity index (χ1) is 16.1. The van der Waals surface area contributed by atoms with Gasteiger partial charge in [-0.2, -0.15) is 0 Å². The molecule has 0 saturated heterocycles. The highest BCUT2D eigenvalue weighted by Gasteiger charge is 2.24. The zero-order chi connectivity index (χ0) is 23.4. The third-order valence-electron chi connectivity index (χ3n) is 5.31. The number of aromatic nitrogens is 1. The Balaban J connectivity index is 2.02. The molecule has 0 radical (unpaired) electrons. The van der Waals surface area contributed by atoms with E-state index in [0.29, 0.717) is 22.7 Å². The van der Waals surface area contributed by atoms with Gasteiger partial charge in [0.15, 0.2) is 18.2 Å². The van der Waals surface area contributed by atoms with Gasteiger partial charge in [-0.3, -0.25) is 0 Å². The van der Waals surface area contributed by atoms with Gasteiger partial charge in [0.1, 0.15) is 5.75 Å². The second kappa shape index (κ2) is 9.52. The lowest BCUT2D eigenvalue weighted by Crippen LogP contribution is -2.28. The molecule has 3 aromatic carbocycles. The van der Waals surface area contributed by atoms with Crippen molar-refractivity contribution in [3.8, 4) is 17.2 Å². The molecule has 0 unspecified atom stereocenters. The van der Waals surface area contributed by atoms with Crippen molar-refractivity contribution in [2.75, 3.05) is 40.0 Å². The molecule has 8 heteroatoms. The van der Waals surface area contributed by atoms with E-state index in [2.05, 4.69) is 5.32 Å². The van der Waals surface area contributed by atoms with Crippen LogP contribution in [-0.2, 0) is 4.74 Å².